The molecule has 2 rings (SSSR count). The van der Waals surface area contributed by atoms with Crippen LogP contribution in [0.5, 0.6) is 5.75 Å². The second-order valence-electron chi connectivity index (χ2n) is 5.47. The van der Waals surface area contributed by atoms with E-state index in [0.717, 1.165) is 16.9 Å². The number of rotatable bonds is 6. The second-order valence-corrected chi connectivity index (χ2v) is 5.47. The number of anilines is 1. The van der Waals surface area contributed by atoms with E-state index in [9.17, 15) is 9.59 Å². The van der Waals surface area contributed by atoms with Crippen molar-refractivity contribution in [3.05, 3.63) is 59.2 Å². The lowest BCUT2D eigenvalue weighted by atomic mass is 10.1. The molecule has 24 heavy (non-hydrogen) atoms. The van der Waals surface area contributed by atoms with Gasteiger partial charge in [-0.25, -0.2) is 0 Å². The summed E-state index contributed by atoms with van der Waals surface area (Å²) in [6.07, 6.45) is 0. The molecule has 0 atom stereocenters. The van der Waals surface area contributed by atoms with Gasteiger partial charge in [0.2, 0.25) is 5.91 Å². The molecule has 126 valence electrons. The van der Waals surface area contributed by atoms with Crippen molar-refractivity contribution >= 4 is 17.5 Å². The Labute approximate surface area is 142 Å². The minimum Gasteiger partial charge on any atom is -0.494 e. The smallest absolute Gasteiger partial charge is 0.251 e. The first-order valence-corrected chi connectivity index (χ1v) is 7.87. The van der Waals surface area contributed by atoms with Gasteiger partial charge < -0.3 is 15.4 Å². The molecule has 2 amide bonds. The van der Waals surface area contributed by atoms with Crippen molar-refractivity contribution in [1.82, 2.24) is 5.32 Å². The third-order valence-electron chi connectivity index (χ3n) is 3.46. The Bertz CT molecular complexity index is 724. The largest absolute Gasteiger partial charge is 0.494 e. The second kappa shape index (κ2) is 8.15. The fourth-order valence-corrected chi connectivity index (χ4v) is 2.33. The Morgan fingerprint density at radius 3 is 2.38 bits per heavy atom. The van der Waals surface area contributed by atoms with Crippen LogP contribution in [0.15, 0.2) is 42.5 Å². The van der Waals surface area contributed by atoms with Crippen LogP contribution >= 0.6 is 0 Å². The third kappa shape index (κ3) is 4.84. The summed E-state index contributed by atoms with van der Waals surface area (Å²) >= 11 is 0. The molecule has 0 saturated heterocycles. The highest BCUT2D eigenvalue weighted by atomic mass is 16.5. The molecule has 5 nitrogen and oxygen atoms in total. The number of nitrogens with one attached hydrogen (secondary N) is 2. The average molecular weight is 326 g/mol. The molecule has 0 spiro atoms. The summed E-state index contributed by atoms with van der Waals surface area (Å²) in [7, 11) is 0. The van der Waals surface area contributed by atoms with E-state index in [0.29, 0.717) is 24.4 Å². The zero-order valence-electron chi connectivity index (χ0n) is 14.2. The maximum atomic E-state index is 12.2. The van der Waals surface area contributed by atoms with E-state index in [2.05, 4.69) is 10.6 Å². The molecule has 2 N–H and O–H groups in total. The minimum atomic E-state index is -0.157. The molecule has 0 aliphatic rings. The number of benzene rings is 2. The molecule has 0 aliphatic carbocycles. The van der Waals surface area contributed by atoms with Crippen LogP contribution in [-0.4, -0.2) is 18.4 Å². The minimum absolute atomic E-state index is 0.141. The van der Waals surface area contributed by atoms with Gasteiger partial charge >= 0.3 is 0 Å². The lowest BCUT2D eigenvalue weighted by Crippen LogP contribution is -2.22. The molecule has 0 saturated carbocycles. The number of ether oxygens (including phenoxy) is 1. The van der Waals surface area contributed by atoms with Gasteiger partial charge in [-0.3, -0.25) is 9.59 Å². The van der Waals surface area contributed by atoms with Crippen LogP contribution in [-0.2, 0) is 11.3 Å². The van der Waals surface area contributed by atoms with E-state index in [4.69, 9.17) is 4.74 Å². The lowest BCUT2D eigenvalue weighted by Gasteiger charge is -2.10. The monoisotopic (exact) mass is 326 g/mol. The van der Waals surface area contributed by atoms with Gasteiger partial charge in [0, 0.05) is 24.7 Å². The van der Waals surface area contributed by atoms with Crippen molar-refractivity contribution in [2.75, 3.05) is 11.9 Å². The number of aryl methyl sites for hydroxylation is 1. The summed E-state index contributed by atoms with van der Waals surface area (Å²) in [4.78, 5) is 23.2. The van der Waals surface area contributed by atoms with Gasteiger partial charge in [-0.15, -0.1) is 0 Å². The van der Waals surface area contributed by atoms with Crippen molar-refractivity contribution < 1.29 is 14.3 Å². The van der Waals surface area contributed by atoms with Crippen LogP contribution in [0.25, 0.3) is 0 Å². The molecule has 5 heteroatoms. The first-order valence-electron chi connectivity index (χ1n) is 7.87. The first-order chi connectivity index (χ1) is 11.5. The number of carbonyl (C=O) groups is 2. The normalized spacial score (nSPS) is 10.1. The fraction of sp³-hybridized carbons (Fsp3) is 0.263. The Hall–Kier alpha value is -2.82. The molecule has 0 aromatic heterocycles. The van der Waals surface area contributed by atoms with Gasteiger partial charge in [-0.05, 0) is 55.3 Å². The summed E-state index contributed by atoms with van der Waals surface area (Å²) in [6, 6.07) is 12.6. The summed E-state index contributed by atoms with van der Waals surface area (Å²) in [5.41, 5.74) is 3.27. The number of carbonyl (C=O) groups excluding carboxylic acids is 2. The molecule has 0 aliphatic heterocycles. The van der Waals surface area contributed by atoms with Gasteiger partial charge in [0.05, 0.1) is 6.61 Å². The van der Waals surface area contributed by atoms with Gasteiger partial charge in [0.15, 0.2) is 0 Å². The summed E-state index contributed by atoms with van der Waals surface area (Å²) in [5.74, 6) is 0.565. The molecule has 0 radical (unpaired) electrons. The topological polar surface area (TPSA) is 67.4 Å². The van der Waals surface area contributed by atoms with Gasteiger partial charge in [-0.2, -0.15) is 0 Å². The maximum Gasteiger partial charge on any atom is 0.251 e. The highest BCUT2D eigenvalue weighted by molar-refractivity contribution is 5.95. The van der Waals surface area contributed by atoms with Gasteiger partial charge in [-0.1, -0.05) is 12.1 Å². The predicted octanol–water partition coefficient (Wildman–Crippen LogP) is 3.28. The van der Waals surface area contributed by atoms with Crippen LogP contribution in [0.4, 0.5) is 5.69 Å². The van der Waals surface area contributed by atoms with E-state index in [1.165, 1.54) is 6.92 Å². The zero-order chi connectivity index (χ0) is 17.5. The number of hydrogen-bond acceptors (Lipinski definition) is 3. The summed E-state index contributed by atoms with van der Waals surface area (Å²) in [6.45, 7) is 6.45. The van der Waals surface area contributed by atoms with E-state index >= 15 is 0 Å². The SMILES string of the molecule is CCOc1ccc(CNC(=O)c2ccc(NC(C)=O)cc2)cc1C. The maximum absolute atomic E-state index is 12.2. The third-order valence-corrected chi connectivity index (χ3v) is 3.46. The van der Waals surface area contributed by atoms with Crippen molar-refractivity contribution in [1.29, 1.82) is 0 Å². The zero-order valence-corrected chi connectivity index (χ0v) is 14.2. The molecular formula is C19H22N2O3. The number of hydrogen-bond donors (Lipinski definition) is 2. The molecule has 0 unspecified atom stereocenters. The predicted molar refractivity (Wildman–Crippen MR) is 94.3 cm³/mol. The van der Waals surface area contributed by atoms with Gasteiger partial charge in [0.25, 0.3) is 5.91 Å². The van der Waals surface area contributed by atoms with Crippen LogP contribution < -0.4 is 15.4 Å². The quantitative estimate of drug-likeness (QED) is 0.856. The molecule has 0 fully saturated rings. The van der Waals surface area contributed by atoms with Crippen LogP contribution in [0, 0.1) is 6.92 Å². The van der Waals surface area contributed by atoms with Crippen molar-refractivity contribution in [3.8, 4) is 5.75 Å². The molecule has 2 aromatic carbocycles. The Balaban J connectivity index is 1.95. The van der Waals surface area contributed by atoms with E-state index in [-0.39, 0.29) is 11.8 Å². The van der Waals surface area contributed by atoms with Crippen molar-refractivity contribution in [2.45, 2.75) is 27.3 Å². The first kappa shape index (κ1) is 17.5. The molecular weight excluding hydrogens is 304 g/mol. The fourth-order valence-electron chi connectivity index (χ4n) is 2.33. The highest BCUT2D eigenvalue weighted by Gasteiger charge is 2.07. The van der Waals surface area contributed by atoms with E-state index in [1.807, 2.05) is 32.0 Å². The van der Waals surface area contributed by atoms with Crippen molar-refractivity contribution in [3.63, 3.8) is 0 Å². The number of amides is 2. The van der Waals surface area contributed by atoms with Crippen molar-refractivity contribution in [2.24, 2.45) is 0 Å². The summed E-state index contributed by atoms with van der Waals surface area (Å²) < 4.78 is 5.51. The molecule has 0 bridgehead atoms. The van der Waals surface area contributed by atoms with Crippen LogP contribution in [0.3, 0.4) is 0 Å². The van der Waals surface area contributed by atoms with Crippen LogP contribution in [0.1, 0.15) is 35.3 Å². The standard InChI is InChI=1S/C19H22N2O3/c1-4-24-18-10-5-15(11-13(18)2)12-20-19(23)16-6-8-17(9-7-16)21-14(3)22/h5-11H,4,12H2,1-3H3,(H,20,23)(H,21,22). The Morgan fingerprint density at radius 1 is 1.08 bits per heavy atom. The van der Waals surface area contributed by atoms with Gasteiger partial charge in [0.1, 0.15) is 5.75 Å². The van der Waals surface area contributed by atoms with E-state index < -0.39 is 0 Å². The lowest BCUT2D eigenvalue weighted by molar-refractivity contribution is -0.114. The van der Waals surface area contributed by atoms with E-state index in [1.54, 1.807) is 24.3 Å². The Kier molecular flexibility index (Phi) is 5.95. The molecule has 0 heterocycles. The van der Waals surface area contributed by atoms with Crippen LogP contribution in [0.2, 0.25) is 0 Å². The highest BCUT2D eigenvalue weighted by Crippen LogP contribution is 2.19. The average Bonchev–Trinajstić information content (AvgIpc) is 2.55. The summed E-state index contributed by atoms with van der Waals surface area (Å²) in [5, 5.41) is 5.56. The molecule has 2 aromatic rings. The Morgan fingerprint density at radius 2 is 1.79 bits per heavy atom.